The maximum Gasteiger partial charge on any atom is 0.308 e. The van der Waals surface area contributed by atoms with E-state index in [2.05, 4.69) is 0 Å². The number of amides is 1. The summed E-state index contributed by atoms with van der Waals surface area (Å²) < 4.78 is 27.1. The lowest BCUT2D eigenvalue weighted by Gasteiger charge is -2.42. The maximum absolute atomic E-state index is 14.1. The number of piperidine rings is 1. The van der Waals surface area contributed by atoms with Crippen molar-refractivity contribution in [1.29, 1.82) is 0 Å². The molecule has 1 aromatic carbocycles. The number of carbonyl (C=O) groups is 2. The Bertz CT molecular complexity index is 574. The van der Waals surface area contributed by atoms with Crippen LogP contribution in [-0.2, 0) is 9.59 Å². The summed E-state index contributed by atoms with van der Waals surface area (Å²) in [6, 6.07) is 1.83. The number of halogens is 2. The molecule has 114 valence electrons. The van der Waals surface area contributed by atoms with Crippen molar-refractivity contribution in [3.63, 3.8) is 0 Å². The molecule has 1 aliphatic rings. The van der Waals surface area contributed by atoms with Gasteiger partial charge in [-0.05, 0) is 26.3 Å². The van der Waals surface area contributed by atoms with Crippen LogP contribution in [0.15, 0.2) is 18.2 Å². The fraction of sp³-hybridized carbons (Fsp3) is 0.467. The fourth-order valence-electron chi connectivity index (χ4n) is 2.89. The standard InChI is InChI=1S/C15H17F2NO3/c1-8(2)18-13(19)6-5-11(15(20)21)14(18)10-4-3-9(16)7-12(10)17/h3-4,7-8,11,14H,5-6H2,1-2H3,(H,20,21). The molecule has 2 atom stereocenters. The highest BCUT2D eigenvalue weighted by Crippen LogP contribution is 2.39. The molecule has 2 unspecified atom stereocenters. The van der Waals surface area contributed by atoms with Crippen LogP contribution in [0.3, 0.4) is 0 Å². The summed E-state index contributed by atoms with van der Waals surface area (Å²) in [4.78, 5) is 24.9. The monoisotopic (exact) mass is 297 g/mol. The Morgan fingerprint density at radius 1 is 1.38 bits per heavy atom. The smallest absolute Gasteiger partial charge is 0.308 e. The van der Waals surface area contributed by atoms with Gasteiger partial charge in [-0.15, -0.1) is 0 Å². The van der Waals surface area contributed by atoms with Crippen LogP contribution >= 0.6 is 0 Å². The minimum atomic E-state index is -1.08. The van der Waals surface area contributed by atoms with E-state index in [1.54, 1.807) is 13.8 Å². The molecule has 1 N–H and O–H groups in total. The summed E-state index contributed by atoms with van der Waals surface area (Å²) in [7, 11) is 0. The van der Waals surface area contributed by atoms with Crippen molar-refractivity contribution < 1.29 is 23.5 Å². The molecule has 0 spiro atoms. The van der Waals surface area contributed by atoms with E-state index in [-0.39, 0.29) is 30.4 Å². The summed E-state index contributed by atoms with van der Waals surface area (Å²) in [5.74, 6) is -3.75. The van der Waals surface area contributed by atoms with Crippen LogP contribution in [0.1, 0.15) is 38.3 Å². The minimum Gasteiger partial charge on any atom is -0.481 e. The molecule has 0 aliphatic carbocycles. The Labute approximate surface area is 121 Å². The molecule has 1 fully saturated rings. The number of likely N-dealkylation sites (tertiary alicyclic amines) is 1. The number of carbonyl (C=O) groups excluding carboxylic acids is 1. The first-order valence-electron chi connectivity index (χ1n) is 6.82. The molecule has 6 heteroatoms. The second-order valence-electron chi connectivity index (χ2n) is 5.49. The Hall–Kier alpha value is -1.98. The third-order valence-corrected chi connectivity index (χ3v) is 3.79. The maximum atomic E-state index is 14.1. The molecular weight excluding hydrogens is 280 g/mol. The van der Waals surface area contributed by atoms with Crippen LogP contribution < -0.4 is 0 Å². The van der Waals surface area contributed by atoms with E-state index < -0.39 is 29.6 Å². The average Bonchev–Trinajstić information content (AvgIpc) is 2.37. The molecule has 21 heavy (non-hydrogen) atoms. The molecule has 0 radical (unpaired) electrons. The highest BCUT2D eigenvalue weighted by atomic mass is 19.1. The van der Waals surface area contributed by atoms with Crippen LogP contribution in [0.5, 0.6) is 0 Å². The number of rotatable bonds is 3. The number of carboxylic acid groups (broad SMARTS) is 1. The lowest BCUT2D eigenvalue weighted by molar-refractivity contribution is -0.153. The lowest BCUT2D eigenvalue weighted by Crippen LogP contribution is -2.48. The Morgan fingerprint density at radius 2 is 2.05 bits per heavy atom. The zero-order valence-corrected chi connectivity index (χ0v) is 11.8. The van der Waals surface area contributed by atoms with Crippen molar-refractivity contribution in [2.75, 3.05) is 0 Å². The van der Waals surface area contributed by atoms with Gasteiger partial charge in [-0.25, -0.2) is 8.78 Å². The van der Waals surface area contributed by atoms with E-state index in [1.807, 2.05) is 0 Å². The van der Waals surface area contributed by atoms with Crippen molar-refractivity contribution in [2.24, 2.45) is 5.92 Å². The quantitative estimate of drug-likeness (QED) is 0.933. The van der Waals surface area contributed by atoms with Crippen LogP contribution in [-0.4, -0.2) is 27.9 Å². The molecule has 1 aliphatic heterocycles. The molecule has 0 bridgehead atoms. The molecule has 1 aromatic rings. The summed E-state index contributed by atoms with van der Waals surface area (Å²) in [6.07, 6.45) is 0.271. The van der Waals surface area contributed by atoms with Gasteiger partial charge in [0.15, 0.2) is 0 Å². The Kier molecular flexibility index (Phi) is 4.25. The van der Waals surface area contributed by atoms with E-state index in [0.29, 0.717) is 6.07 Å². The van der Waals surface area contributed by atoms with E-state index in [0.717, 1.165) is 6.07 Å². The number of hydrogen-bond acceptors (Lipinski definition) is 2. The normalized spacial score (nSPS) is 22.7. The first kappa shape index (κ1) is 15.4. The molecule has 1 saturated heterocycles. The first-order valence-corrected chi connectivity index (χ1v) is 6.82. The van der Waals surface area contributed by atoms with E-state index in [1.165, 1.54) is 11.0 Å². The van der Waals surface area contributed by atoms with E-state index in [9.17, 15) is 23.5 Å². The predicted molar refractivity (Wildman–Crippen MR) is 71.4 cm³/mol. The molecule has 0 aromatic heterocycles. The van der Waals surface area contributed by atoms with Crippen LogP contribution in [0.4, 0.5) is 8.78 Å². The first-order chi connectivity index (χ1) is 9.82. The highest BCUT2D eigenvalue weighted by molar-refractivity contribution is 5.82. The van der Waals surface area contributed by atoms with Crippen LogP contribution in [0.2, 0.25) is 0 Å². The van der Waals surface area contributed by atoms with Gasteiger partial charge in [0.05, 0.1) is 12.0 Å². The number of benzene rings is 1. The van der Waals surface area contributed by atoms with Crippen molar-refractivity contribution in [3.8, 4) is 0 Å². The summed E-state index contributed by atoms with van der Waals surface area (Å²) in [5.41, 5.74) is 0.0468. The Balaban J connectivity index is 2.54. The number of hydrogen-bond donors (Lipinski definition) is 1. The largest absolute Gasteiger partial charge is 0.481 e. The van der Waals surface area contributed by atoms with Crippen LogP contribution in [0.25, 0.3) is 0 Å². The SMILES string of the molecule is CC(C)N1C(=O)CCC(C(=O)O)C1c1ccc(F)cc1F. The predicted octanol–water partition coefficient (Wildman–Crippen LogP) is 2.74. The number of aliphatic carboxylic acids is 1. The fourth-order valence-corrected chi connectivity index (χ4v) is 2.89. The van der Waals surface area contributed by atoms with Gasteiger partial charge < -0.3 is 10.0 Å². The topological polar surface area (TPSA) is 57.6 Å². The Morgan fingerprint density at radius 3 is 2.57 bits per heavy atom. The van der Waals surface area contributed by atoms with Crippen molar-refractivity contribution in [2.45, 2.75) is 38.8 Å². The lowest BCUT2D eigenvalue weighted by atomic mass is 9.83. The molecule has 1 heterocycles. The van der Waals surface area contributed by atoms with Crippen molar-refractivity contribution >= 4 is 11.9 Å². The zero-order valence-electron chi connectivity index (χ0n) is 11.8. The third-order valence-electron chi connectivity index (χ3n) is 3.79. The van der Waals surface area contributed by atoms with Crippen molar-refractivity contribution in [3.05, 3.63) is 35.4 Å². The molecule has 1 amide bonds. The zero-order chi connectivity index (χ0) is 15.7. The van der Waals surface area contributed by atoms with Gasteiger partial charge >= 0.3 is 5.97 Å². The van der Waals surface area contributed by atoms with Gasteiger partial charge in [0, 0.05) is 24.1 Å². The van der Waals surface area contributed by atoms with E-state index in [4.69, 9.17) is 0 Å². The van der Waals surface area contributed by atoms with E-state index >= 15 is 0 Å². The molecule has 0 saturated carbocycles. The highest BCUT2D eigenvalue weighted by Gasteiger charge is 2.42. The van der Waals surface area contributed by atoms with Gasteiger partial charge in [0.2, 0.25) is 5.91 Å². The van der Waals surface area contributed by atoms with Gasteiger partial charge in [-0.2, -0.15) is 0 Å². The molecule has 2 rings (SSSR count). The average molecular weight is 297 g/mol. The van der Waals surface area contributed by atoms with Crippen molar-refractivity contribution in [1.82, 2.24) is 4.90 Å². The third kappa shape index (κ3) is 2.89. The minimum absolute atomic E-state index is 0.0468. The summed E-state index contributed by atoms with van der Waals surface area (Å²) >= 11 is 0. The van der Waals surface area contributed by atoms with Crippen LogP contribution in [0, 0.1) is 17.6 Å². The second kappa shape index (κ2) is 5.79. The van der Waals surface area contributed by atoms with Gasteiger partial charge in [-0.3, -0.25) is 9.59 Å². The summed E-state index contributed by atoms with van der Waals surface area (Å²) in [5, 5.41) is 9.37. The molecular formula is C15H17F2NO3. The second-order valence-corrected chi connectivity index (χ2v) is 5.49. The summed E-state index contributed by atoms with van der Waals surface area (Å²) in [6.45, 7) is 3.49. The van der Waals surface area contributed by atoms with Gasteiger partial charge in [0.1, 0.15) is 11.6 Å². The van der Waals surface area contributed by atoms with Gasteiger partial charge in [0.25, 0.3) is 0 Å². The van der Waals surface area contributed by atoms with Gasteiger partial charge in [-0.1, -0.05) is 6.07 Å². The number of nitrogens with zero attached hydrogens (tertiary/aromatic N) is 1. The molecule has 4 nitrogen and oxygen atoms in total. The number of carboxylic acids is 1.